The van der Waals surface area contributed by atoms with Crippen molar-refractivity contribution in [2.75, 3.05) is 38.0 Å². The van der Waals surface area contributed by atoms with Crippen molar-refractivity contribution >= 4 is 44.4 Å². The molecular weight excluding hydrogens is 430 g/mol. The minimum atomic E-state index is -0.372. The Balaban J connectivity index is 1.32. The molecule has 0 spiro atoms. The number of hydrogen-bond donors (Lipinski definition) is 3. The van der Waals surface area contributed by atoms with Crippen molar-refractivity contribution < 1.29 is 19.6 Å². The zero-order valence-electron chi connectivity index (χ0n) is 18.4. The maximum absolute atomic E-state index is 12.4. The summed E-state index contributed by atoms with van der Waals surface area (Å²) in [5, 5.41) is 12.0. The molecule has 0 unspecified atom stereocenters. The van der Waals surface area contributed by atoms with Crippen molar-refractivity contribution in [3.8, 4) is 0 Å². The van der Waals surface area contributed by atoms with Gasteiger partial charge in [0.1, 0.15) is 0 Å². The zero-order chi connectivity index (χ0) is 22.9. The molecule has 3 N–H and O–H groups in total. The maximum atomic E-state index is 12.4. The lowest BCUT2D eigenvalue weighted by Gasteiger charge is -2.34. The van der Waals surface area contributed by atoms with E-state index >= 15 is 0 Å². The Morgan fingerprint density at radius 3 is 2.47 bits per heavy atom. The van der Waals surface area contributed by atoms with Crippen LogP contribution >= 0.6 is 11.3 Å². The highest BCUT2D eigenvalue weighted by atomic mass is 32.1. The van der Waals surface area contributed by atoms with Crippen molar-refractivity contribution in [2.45, 2.75) is 45.4 Å². The van der Waals surface area contributed by atoms with Crippen LogP contribution in [-0.4, -0.2) is 70.4 Å². The lowest BCUT2D eigenvalue weighted by molar-refractivity contribution is -0.133. The molecule has 2 heterocycles. The van der Waals surface area contributed by atoms with Crippen LogP contribution < -0.4 is 10.8 Å². The standard InChI is InChI=1S/C22H31N5O4S/c1-16-8-9-18-17(14-16)23-22(32-18)24-20(29)15-26-10-12-27(13-11-26)21(30)7-5-3-2-4-6-19(28)25-31/h8-9,14,31H,2-7,10-13,15H2,1H3,(H,25,28)(H,23,24,29). The Morgan fingerprint density at radius 1 is 1.03 bits per heavy atom. The normalized spacial score (nSPS) is 14.5. The van der Waals surface area contributed by atoms with Crippen LogP contribution in [0.25, 0.3) is 10.2 Å². The molecule has 0 saturated carbocycles. The minimum Gasteiger partial charge on any atom is -0.340 e. The molecular formula is C22H31N5O4S. The van der Waals surface area contributed by atoms with Gasteiger partial charge in [0.05, 0.1) is 16.8 Å². The molecule has 9 nitrogen and oxygen atoms in total. The number of nitrogens with zero attached hydrogens (tertiary/aromatic N) is 3. The lowest BCUT2D eigenvalue weighted by Crippen LogP contribution is -2.50. The second-order valence-electron chi connectivity index (χ2n) is 8.14. The molecule has 2 aromatic rings. The Hall–Kier alpha value is -2.56. The van der Waals surface area contributed by atoms with E-state index in [1.165, 1.54) is 11.3 Å². The van der Waals surface area contributed by atoms with E-state index in [-0.39, 0.29) is 17.7 Å². The van der Waals surface area contributed by atoms with E-state index < -0.39 is 0 Å². The Kier molecular flexibility index (Phi) is 8.95. The predicted octanol–water partition coefficient (Wildman–Crippen LogP) is 2.53. The fourth-order valence-corrected chi connectivity index (χ4v) is 4.60. The van der Waals surface area contributed by atoms with Gasteiger partial charge < -0.3 is 10.2 Å². The number of amides is 3. The number of rotatable bonds is 10. The van der Waals surface area contributed by atoms with E-state index in [9.17, 15) is 14.4 Å². The smallest absolute Gasteiger partial charge is 0.243 e. The van der Waals surface area contributed by atoms with Crippen LogP contribution in [0.15, 0.2) is 18.2 Å². The highest BCUT2D eigenvalue weighted by Gasteiger charge is 2.22. The predicted molar refractivity (Wildman–Crippen MR) is 124 cm³/mol. The molecule has 0 aliphatic carbocycles. The first kappa shape index (κ1) is 24.1. The Morgan fingerprint density at radius 2 is 1.75 bits per heavy atom. The topological polar surface area (TPSA) is 115 Å². The van der Waals surface area contributed by atoms with Crippen LogP contribution in [0, 0.1) is 6.92 Å². The number of unbranched alkanes of at least 4 members (excludes halogenated alkanes) is 3. The number of aromatic nitrogens is 1. The van der Waals surface area contributed by atoms with Crippen LogP contribution in [0.1, 0.15) is 44.1 Å². The number of carbonyl (C=O) groups excluding carboxylic acids is 3. The van der Waals surface area contributed by atoms with Crippen LogP contribution in [0.3, 0.4) is 0 Å². The van der Waals surface area contributed by atoms with Gasteiger partial charge in [-0.15, -0.1) is 0 Å². The highest BCUT2D eigenvalue weighted by Crippen LogP contribution is 2.26. The molecule has 174 valence electrons. The van der Waals surface area contributed by atoms with Gasteiger partial charge in [-0.05, 0) is 37.5 Å². The summed E-state index contributed by atoms with van der Waals surface area (Å²) in [6.07, 6.45) is 4.05. The number of carbonyl (C=O) groups is 3. The summed E-state index contributed by atoms with van der Waals surface area (Å²) >= 11 is 1.47. The number of hydrogen-bond acceptors (Lipinski definition) is 7. The molecule has 0 radical (unpaired) electrons. The summed E-state index contributed by atoms with van der Waals surface area (Å²) in [6, 6.07) is 6.06. The molecule has 3 rings (SSSR count). The number of aryl methyl sites for hydroxylation is 1. The van der Waals surface area contributed by atoms with Gasteiger partial charge in [0.25, 0.3) is 0 Å². The van der Waals surface area contributed by atoms with Crippen LogP contribution in [0.5, 0.6) is 0 Å². The van der Waals surface area contributed by atoms with Gasteiger partial charge in [-0.25, -0.2) is 10.5 Å². The molecule has 1 aromatic heterocycles. The first-order valence-electron chi connectivity index (χ1n) is 11.0. The third-order valence-corrected chi connectivity index (χ3v) is 6.50. The van der Waals surface area contributed by atoms with Gasteiger partial charge >= 0.3 is 0 Å². The summed E-state index contributed by atoms with van der Waals surface area (Å²) in [5.41, 5.74) is 3.66. The molecule has 1 fully saturated rings. The van der Waals surface area contributed by atoms with Gasteiger partial charge in [0, 0.05) is 39.0 Å². The fraction of sp³-hybridized carbons (Fsp3) is 0.545. The molecule has 1 aromatic carbocycles. The number of hydroxylamine groups is 1. The number of nitrogens with one attached hydrogen (secondary N) is 2. The summed E-state index contributed by atoms with van der Waals surface area (Å²) in [6.45, 7) is 4.91. The van der Waals surface area contributed by atoms with E-state index in [2.05, 4.69) is 15.2 Å². The summed E-state index contributed by atoms with van der Waals surface area (Å²) in [4.78, 5) is 44.2. The fourth-order valence-electron chi connectivity index (χ4n) is 3.74. The average Bonchev–Trinajstić information content (AvgIpc) is 3.17. The van der Waals surface area contributed by atoms with Gasteiger partial charge in [0.2, 0.25) is 17.7 Å². The molecule has 1 saturated heterocycles. The maximum Gasteiger partial charge on any atom is 0.243 e. The third-order valence-electron chi connectivity index (χ3n) is 5.55. The van der Waals surface area contributed by atoms with Gasteiger partial charge in [-0.2, -0.15) is 0 Å². The molecule has 0 atom stereocenters. The van der Waals surface area contributed by atoms with E-state index in [1.807, 2.05) is 30.0 Å². The van der Waals surface area contributed by atoms with Crippen LogP contribution in [0.4, 0.5) is 5.13 Å². The lowest BCUT2D eigenvalue weighted by atomic mass is 10.1. The Labute approximate surface area is 191 Å². The first-order chi connectivity index (χ1) is 15.4. The molecule has 1 aliphatic rings. The van der Waals surface area contributed by atoms with Crippen LogP contribution in [-0.2, 0) is 14.4 Å². The van der Waals surface area contributed by atoms with Crippen molar-refractivity contribution in [1.29, 1.82) is 0 Å². The Bertz CT molecular complexity index is 940. The number of thiazole rings is 1. The van der Waals surface area contributed by atoms with Crippen LogP contribution in [0.2, 0.25) is 0 Å². The molecule has 0 bridgehead atoms. The van der Waals surface area contributed by atoms with Gasteiger partial charge in [-0.3, -0.25) is 24.5 Å². The second kappa shape index (κ2) is 11.9. The van der Waals surface area contributed by atoms with Crippen molar-refractivity contribution in [2.24, 2.45) is 0 Å². The largest absolute Gasteiger partial charge is 0.340 e. The van der Waals surface area contributed by atoms with Crippen molar-refractivity contribution in [3.63, 3.8) is 0 Å². The van der Waals surface area contributed by atoms with Gasteiger partial charge in [0.15, 0.2) is 5.13 Å². The summed E-state index contributed by atoms with van der Waals surface area (Å²) in [7, 11) is 0. The van der Waals surface area contributed by atoms with E-state index in [4.69, 9.17) is 5.21 Å². The summed E-state index contributed by atoms with van der Waals surface area (Å²) < 4.78 is 1.05. The molecule has 32 heavy (non-hydrogen) atoms. The summed E-state index contributed by atoms with van der Waals surface area (Å²) in [5.74, 6) is -0.315. The molecule has 3 amide bonds. The second-order valence-corrected chi connectivity index (χ2v) is 9.18. The quantitative estimate of drug-likeness (QED) is 0.285. The monoisotopic (exact) mass is 461 g/mol. The number of anilines is 1. The van der Waals surface area contributed by atoms with E-state index in [0.717, 1.165) is 35.0 Å². The number of fused-ring (bicyclic) bond motifs is 1. The average molecular weight is 462 g/mol. The van der Waals surface area contributed by atoms with E-state index in [0.29, 0.717) is 57.1 Å². The molecule has 1 aliphatic heterocycles. The van der Waals surface area contributed by atoms with Gasteiger partial charge in [-0.1, -0.05) is 30.2 Å². The number of benzene rings is 1. The SMILES string of the molecule is Cc1ccc2sc(NC(=O)CN3CCN(C(=O)CCCCCCC(=O)NO)CC3)nc2c1. The minimum absolute atomic E-state index is 0.0876. The molecule has 10 heteroatoms. The third kappa shape index (κ3) is 7.25. The van der Waals surface area contributed by atoms with E-state index in [1.54, 1.807) is 5.48 Å². The zero-order valence-corrected chi connectivity index (χ0v) is 19.2. The highest BCUT2D eigenvalue weighted by molar-refractivity contribution is 7.22. The first-order valence-corrected chi connectivity index (χ1v) is 11.9. The van der Waals surface area contributed by atoms with Crippen molar-refractivity contribution in [1.82, 2.24) is 20.3 Å². The number of piperazine rings is 1. The van der Waals surface area contributed by atoms with Crippen molar-refractivity contribution in [3.05, 3.63) is 23.8 Å².